The van der Waals surface area contributed by atoms with Gasteiger partial charge >= 0.3 is 18.4 Å². The molecule has 0 spiro atoms. The van der Waals surface area contributed by atoms with Crippen molar-refractivity contribution in [1.82, 2.24) is 40.0 Å². The first kappa shape index (κ1) is 40.9. The van der Waals surface area contributed by atoms with Crippen molar-refractivity contribution >= 4 is 73.4 Å². The molecule has 0 unspecified atom stereocenters. The highest BCUT2D eigenvalue weighted by Crippen LogP contribution is 2.32. The monoisotopic (exact) mass is 796 g/mol. The lowest BCUT2D eigenvalue weighted by Crippen LogP contribution is -2.51. The number of amides is 3. The maximum atomic E-state index is 12.9. The second-order valence-corrected chi connectivity index (χ2v) is 14.9. The minimum absolute atomic E-state index is 0. The van der Waals surface area contributed by atoms with Gasteiger partial charge in [-0.2, -0.15) is 26.3 Å². The van der Waals surface area contributed by atoms with Crippen molar-refractivity contribution in [2.24, 2.45) is 0 Å². The summed E-state index contributed by atoms with van der Waals surface area (Å²) in [6.07, 6.45) is -8.74. The molecular weight excluding hydrogens is 762 g/mol. The summed E-state index contributed by atoms with van der Waals surface area (Å²) < 4.78 is 80.9. The van der Waals surface area contributed by atoms with Gasteiger partial charge in [0.1, 0.15) is 39.3 Å². The zero-order valence-electron chi connectivity index (χ0n) is 28.1. The van der Waals surface area contributed by atoms with Gasteiger partial charge < -0.3 is 24.8 Å². The molecule has 2 aliphatic rings. The van der Waals surface area contributed by atoms with Gasteiger partial charge in [0.2, 0.25) is 0 Å². The van der Waals surface area contributed by atoms with Gasteiger partial charge in [-0.1, -0.05) is 0 Å². The van der Waals surface area contributed by atoms with Gasteiger partial charge in [0, 0.05) is 72.9 Å². The van der Waals surface area contributed by atoms with E-state index in [-0.39, 0.29) is 52.5 Å². The Morgan fingerprint density at radius 1 is 0.692 bits per heavy atom. The number of aromatic nitrogens is 4. The fourth-order valence-corrected chi connectivity index (χ4v) is 7.36. The molecule has 4 aromatic rings. The first-order chi connectivity index (χ1) is 23.9. The summed E-state index contributed by atoms with van der Waals surface area (Å²) in [4.78, 5) is 59.2. The number of piperazine rings is 2. The van der Waals surface area contributed by atoms with E-state index in [1.54, 1.807) is 25.7 Å². The van der Waals surface area contributed by atoms with Crippen LogP contribution in [0.25, 0.3) is 20.4 Å². The average Bonchev–Trinajstić information content (AvgIpc) is 3.65. The van der Waals surface area contributed by atoms with Crippen LogP contribution in [0, 0.1) is 0 Å². The van der Waals surface area contributed by atoms with Gasteiger partial charge in [-0.25, -0.2) is 24.7 Å². The van der Waals surface area contributed by atoms with Gasteiger partial charge in [-0.05, 0) is 32.9 Å². The second-order valence-electron chi connectivity index (χ2n) is 12.7. The average molecular weight is 797 g/mol. The number of nitrogens with one attached hydrogen (secondary N) is 1. The number of hydrogen-bond acceptors (Lipinski definition) is 11. The smallest absolute Gasteiger partial charge is 0.410 e. The van der Waals surface area contributed by atoms with Gasteiger partial charge in [0.15, 0.2) is 0 Å². The molecule has 2 fully saturated rings. The Kier molecular flexibility index (Phi) is 12.9. The quantitative estimate of drug-likeness (QED) is 0.257. The van der Waals surface area contributed by atoms with Crippen LogP contribution >= 0.6 is 35.1 Å². The number of carbonyl (C=O) groups is 3. The summed E-state index contributed by atoms with van der Waals surface area (Å²) in [5.74, 6) is -0.650. The lowest BCUT2D eigenvalue weighted by atomic mass is 10.2. The molecule has 12 nitrogen and oxygen atoms in total. The van der Waals surface area contributed by atoms with Crippen LogP contribution in [0.4, 0.5) is 31.1 Å². The van der Waals surface area contributed by atoms with Crippen molar-refractivity contribution < 1.29 is 45.5 Å². The Morgan fingerprint density at radius 2 is 1.10 bits per heavy atom. The van der Waals surface area contributed by atoms with E-state index in [1.165, 1.54) is 34.6 Å². The summed E-state index contributed by atoms with van der Waals surface area (Å²) >= 11 is 1.85. The number of thiophene rings is 2. The summed E-state index contributed by atoms with van der Waals surface area (Å²) in [5, 5.41) is 3.85. The van der Waals surface area contributed by atoms with Crippen molar-refractivity contribution in [2.75, 3.05) is 52.4 Å². The van der Waals surface area contributed by atoms with Crippen LogP contribution in [0.2, 0.25) is 0 Å². The first-order valence-corrected chi connectivity index (χ1v) is 17.4. The SMILES string of the molecule is CC(C)(C)OC(=O)N1CCN(C(=O)c2ncnc3sc(CC(F)(F)F)cc23)CC1.Cl.O=C(c1ncnc2sc(CC(F)(F)F)cc12)N1CCNCC1. The molecule has 6 heterocycles. The predicted octanol–water partition coefficient (Wildman–Crippen LogP) is 5.75. The van der Waals surface area contributed by atoms with Gasteiger partial charge in [0.05, 0.1) is 12.8 Å². The van der Waals surface area contributed by atoms with Crippen molar-refractivity contribution in [2.45, 2.75) is 51.6 Å². The van der Waals surface area contributed by atoms with Crippen LogP contribution in [0.1, 0.15) is 51.5 Å². The highest BCUT2D eigenvalue weighted by atomic mass is 35.5. The molecule has 0 saturated carbocycles. The van der Waals surface area contributed by atoms with E-state index in [0.717, 1.165) is 22.7 Å². The van der Waals surface area contributed by atoms with Crippen LogP contribution in [0.3, 0.4) is 0 Å². The van der Waals surface area contributed by atoms with Crippen molar-refractivity contribution in [3.8, 4) is 0 Å². The third-order valence-corrected chi connectivity index (χ3v) is 9.62. The number of rotatable bonds is 4. The lowest BCUT2D eigenvalue weighted by molar-refractivity contribution is -0.127. The first-order valence-electron chi connectivity index (χ1n) is 15.7. The van der Waals surface area contributed by atoms with Crippen LogP contribution in [0.5, 0.6) is 0 Å². The van der Waals surface area contributed by atoms with Crippen LogP contribution < -0.4 is 5.32 Å². The van der Waals surface area contributed by atoms with E-state index in [1.807, 2.05) is 0 Å². The number of halogens is 7. The molecule has 0 radical (unpaired) electrons. The lowest BCUT2D eigenvalue weighted by Gasteiger charge is -2.35. The number of ether oxygens (including phenoxy) is 1. The Balaban J connectivity index is 0.000000236. The minimum atomic E-state index is -4.34. The molecule has 3 amide bonds. The predicted molar refractivity (Wildman–Crippen MR) is 184 cm³/mol. The Bertz CT molecular complexity index is 1880. The molecule has 0 bridgehead atoms. The van der Waals surface area contributed by atoms with E-state index in [4.69, 9.17) is 4.74 Å². The highest BCUT2D eigenvalue weighted by Gasteiger charge is 2.32. The van der Waals surface area contributed by atoms with Gasteiger partial charge in [0.25, 0.3) is 11.8 Å². The zero-order chi connectivity index (χ0) is 37.1. The molecule has 2 saturated heterocycles. The minimum Gasteiger partial charge on any atom is -0.444 e. The number of fused-ring (bicyclic) bond motifs is 2. The Morgan fingerprint density at radius 3 is 1.50 bits per heavy atom. The molecule has 2 aliphatic heterocycles. The summed E-state index contributed by atoms with van der Waals surface area (Å²) in [7, 11) is 0. The maximum absolute atomic E-state index is 12.9. The zero-order valence-corrected chi connectivity index (χ0v) is 30.6. The molecule has 21 heteroatoms. The molecule has 6 rings (SSSR count). The summed E-state index contributed by atoms with van der Waals surface area (Å²) in [5.41, 5.74) is -0.356. The highest BCUT2D eigenvalue weighted by molar-refractivity contribution is 7.19. The normalized spacial score (nSPS) is 15.6. The topological polar surface area (TPSA) is 134 Å². The largest absolute Gasteiger partial charge is 0.444 e. The van der Waals surface area contributed by atoms with Crippen LogP contribution in [-0.2, 0) is 17.6 Å². The number of carbonyl (C=O) groups excluding carboxylic acids is 3. The standard InChI is InChI=1S/C18H21F3N4O3S.C13H13F3N4OS.ClH/c1-17(2,3)28-16(27)25-6-4-24(5-7-25)15(26)13-12-8-11(9-18(19,20)21)29-14(12)23-10-22-13;14-13(15,16)6-8-5-9-10(18-7-19-11(9)22-8)12(21)20-3-1-17-2-4-20;/h8,10H,4-7,9H2,1-3H3;5,7,17H,1-4,6H2;1H. The Hall–Kier alpha value is -3.88. The van der Waals surface area contributed by atoms with Crippen LogP contribution in [0.15, 0.2) is 24.8 Å². The van der Waals surface area contributed by atoms with E-state index in [2.05, 4.69) is 25.3 Å². The van der Waals surface area contributed by atoms with Crippen molar-refractivity contribution in [3.63, 3.8) is 0 Å². The molecular formula is C31H35ClF6N8O4S2. The second kappa shape index (κ2) is 16.4. The van der Waals surface area contributed by atoms with E-state index in [0.29, 0.717) is 59.7 Å². The molecule has 52 heavy (non-hydrogen) atoms. The molecule has 0 aliphatic carbocycles. The molecule has 284 valence electrons. The van der Waals surface area contributed by atoms with Crippen molar-refractivity contribution in [1.29, 1.82) is 0 Å². The number of alkyl halides is 6. The Labute approximate surface area is 308 Å². The van der Waals surface area contributed by atoms with Crippen molar-refractivity contribution in [3.05, 3.63) is 45.9 Å². The fourth-order valence-electron chi connectivity index (χ4n) is 5.31. The summed E-state index contributed by atoms with van der Waals surface area (Å²) in [6, 6.07) is 2.71. The molecule has 0 atom stereocenters. The van der Waals surface area contributed by atoms with E-state index in [9.17, 15) is 40.7 Å². The van der Waals surface area contributed by atoms with Crippen LogP contribution in [-0.4, -0.2) is 123 Å². The number of hydrogen-bond donors (Lipinski definition) is 1. The third kappa shape index (κ3) is 10.8. The molecule has 1 N–H and O–H groups in total. The van der Waals surface area contributed by atoms with E-state index < -0.39 is 42.8 Å². The summed E-state index contributed by atoms with van der Waals surface area (Å²) in [6.45, 7) is 9.01. The third-order valence-electron chi connectivity index (χ3n) is 7.54. The number of nitrogens with zero attached hydrogens (tertiary/aromatic N) is 7. The fraction of sp³-hybridized carbons (Fsp3) is 0.516. The molecule has 4 aromatic heterocycles. The van der Waals surface area contributed by atoms with E-state index >= 15 is 0 Å². The molecule has 0 aromatic carbocycles. The van der Waals surface area contributed by atoms with Gasteiger partial charge in [-0.3, -0.25) is 9.59 Å². The van der Waals surface area contributed by atoms with Gasteiger partial charge in [-0.15, -0.1) is 35.1 Å². The maximum Gasteiger partial charge on any atom is 0.410 e.